The van der Waals surface area contributed by atoms with Crippen LogP contribution in [0.25, 0.3) is 0 Å². The average molecular weight is 353 g/mol. The minimum atomic E-state index is -3.75. The van der Waals surface area contributed by atoms with E-state index in [4.69, 9.17) is 33.7 Å². The monoisotopic (exact) mass is 352 g/mol. The van der Waals surface area contributed by atoms with Gasteiger partial charge in [-0.05, 0) is 31.9 Å². The Hall–Kier alpha value is -0.370. The second-order valence-electron chi connectivity index (χ2n) is 5.00. The number of rotatable bonds is 5. The van der Waals surface area contributed by atoms with Crippen LogP contribution in [0.5, 0.6) is 0 Å². The molecule has 0 amide bonds. The summed E-state index contributed by atoms with van der Waals surface area (Å²) in [5.41, 5.74) is 5.98. The zero-order valence-corrected chi connectivity index (χ0v) is 13.9. The van der Waals surface area contributed by atoms with Crippen molar-refractivity contribution in [2.75, 3.05) is 6.61 Å². The Labute approximate surface area is 134 Å². The van der Waals surface area contributed by atoms with Gasteiger partial charge in [0, 0.05) is 29.8 Å². The quantitative estimate of drug-likeness (QED) is 0.851. The highest BCUT2D eigenvalue weighted by Crippen LogP contribution is 2.31. The third-order valence-corrected chi connectivity index (χ3v) is 6.01. The zero-order valence-electron chi connectivity index (χ0n) is 11.6. The maximum Gasteiger partial charge on any atom is 0.242 e. The lowest BCUT2D eigenvalue weighted by Crippen LogP contribution is -2.40. The van der Waals surface area contributed by atoms with Gasteiger partial charge in [-0.15, -0.1) is 0 Å². The Balaban J connectivity index is 2.27. The minimum Gasteiger partial charge on any atom is -0.377 e. The molecule has 3 N–H and O–H groups in total. The fraction of sp³-hybridized carbons (Fsp3) is 0.538. The second kappa shape index (κ2) is 6.81. The van der Waals surface area contributed by atoms with E-state index in [1.807, 2.05) is 0 Å². The fourth-order valence-corrected chi connectivity index (χ4v) is 4.56. The van der Waals surface area contributed by atoms with Crippen molar-refractivity contribution in [3.63, 3.8) is 0 Å². The smallest absolute Gasteiger partial charge is 0.242 e. The molecule has 1 fully saturated rings. The molecule has 0 bridgehead atoms. The number of sulfonamides is 1. The Kier molecular flexibility index (Phi) is 5.51. The molecule has 1 aromatic rings. The third-order valence-electron chi connectivity index (χ3n) is 3.51. The molecule has 21 heavy (non-hydrogen) atoms. The largest absolute Gasteiger partial charge is 0.377 e. The molecule has 1 heterocycles. The van der Waals surface area contributed by atoms with Gasteiger partial charge in [0.25, 0.3) is 0 Å². The van der Waals surface area contributed by atoms with Crippen molar-refractivity contribution in [3.05, 3.63) is 27.7 Å². The van der Waals surface area contributed by atoms with Gasteiger partial charge < -0.3 is 10.5 Å². The lowest BCUT2D eigenvalue weighted by atomic mass is 10.1. The molecule has 1 aliphatic rings. The first-order chi connectivity index (χ1) is 9.86. The summed E-state index contributed by atoms with van der Waals surface area (Å²) in [4.78, 5) is -0.0149. The molecule has 1 aromatic carbocycles. The Bertz CT molecular complexity index is 616. The van der Waals surface area contributed by atoms with Gasteiger partial charge >= 0.3 is 0 Å². The van der Waals surface area contributed by atoms with E-state index < -0.39 is 10.0 Å². The summed E-state index contributed by atoms with van der Waals surface area (Å²) in [6.45, 7) is 2.51. The number of nitrogens with two attached hydrogens (primary N) is 1. The lowest BCUT2D eigenvalue weighted by Gasteiger charge is -2.20. The predicted molar refractivity (Wildman–Crippen MR) is 83.1 cm³/mol. The number of halogens is 2. The van der Waals surface area contributed by atoms with Crippen LogP contribution in [0.3, 0.4) is 0 Å². The highest BCUT2D eigenvalue weighted by molar-refractivity contribution is 7.89. The van der Waals surface area contributed by atoms with Crippen molar-refractivity contribution in [2.24, 2.45) is 5.73 Å². The van der Waals surface area contributed by atoms with E-state index in [1.54, 1.807) is 6.92 Å². The molecular weight excluding hydrogens is 335 g/mol. The molecule has 2 rings (SSSR count). The molecule has 118 valence electrons. The lowest BCUT2D eigenvalue weighted by molar-refractivity contribution is 0.0902. The van der Waals surface area contributed by atoms with E-state index in [2.05, 4.69) is 4.72 Å². The summed E-state index contributed by atoms with van der Waals surface area (Å²) in [7, 11) is -3.75. The summed E-state index contributed by atoms with van der Waals surface area (Å²) in [6, 6.07) is 2.54. The van der Waals surface area contributed by atoms with E-state index >= 15 is 0 Å². The molecule has 5 nitrogen and oxygen atoms in total. The van der Waals surface area contributed by atoms with Gasteiger partial charge in [0.15, 0.2) is 0 Å². The van der Waals surface area contributed by atoms with E-state index in [1.165, 1.54) is 12.1 Å². The maximum absolute atomic E-state index is 12.5. The Morgan fingerprint density at radius 1 is 1.48 bits per heavy atom. The molecular formula is C13H18Cl2N2O3S. The molecule has 2 unspecified atom stereocenters. The van der Waals surface area contributed by atoms with Crippen molar-refractivity contribution in [3.8, 4) is 0 Å². The van der Waals surface area contributed by atoms with E-state index in [0.29, 0.717) is 17.2 Å². The van der Waals surface area contributed by atoms with Crippen LogP contribution in [0.4, 0.5) is 0 Å². The molecule has 8 heteroatoms. The van der Waals surface area contributed by atoms with Crippen LogP contribution < -0.4 is 10.5 Å². The first-order valence-corrected chi connectivity index (χ1v) is 8.91. The fourth-order valence-electron chi connectivity index (χ4n) is 2.35. The first-order valence-electron chi connectivity index (χ1n) is 6.67. The first kappa shape index (κ1) is 17.0. The normalized spacial score (nSPS) is 20.7. The number of benzene rings is 1. The van der Waals surface area contributed by atoms with Crippen LogP contribution in [0.15, 0.2) is 17.0 Å². The summed E-state index contributed by atoms with van der Waals surface area (Å²) < 4.78 is 33.0. The molecule has 0 spiro atoms. The molecule has 0 aromatic heterocycles. The van der Waals surface area contributed by atoms with Gasteiger partial charge in [-0.1, -0.05) is 23.2 Å². The SMILES string of the molecule is CC(NS(=O)(=O)c1ccc(Cl)c(CN)c1Cl)C1CCCO1. The van der Waals surface area contributed by atoms with Gasteiger partial charge in [-0.3, -0.25) is 0 Å². The van der Waals surface area contributed by atoms with E-state index in [9.17, 15) is 8.42 Å². The van der Waals surface area contributed by atoms with Crippen molar-refractivity contribution < 1.29 is 13.2 Å². The van der Waals surface area contributed by atoms with E-state index in [-0.39, 0.29) is 28.6 Å². The molecule has 0 radical (unpaired) electrons. The summed E-state index contributed by atoms with van der Waals surface area (Å²) >= 11 is 12.1. The number of hydrogen-bond donors (Lipinski definition) is 2. The molecule has 1 saturated heterocycles. The molecule has 2 atom stereocenters. The van der Waals surface area contributed by atoms with Crippen LogP contribution in [0, 0.1) is 0 Å². The van der Waals surface area contributed by atoms with E-state index in [0.717, 1.165) is 12.8 Å². The second-order valence-corrected chi connectivity index (χ2v) is 7.47. The molecule has 1 aliphatic heterocycles. The molecule has 0 saturated carbocycles. The summed E-state index contributed by atoms with van der Waals surface area (Å²) in [5, 5.41) is 0.422. The standard InChI is InChI=1S/C13H18Cl2N2O3S/c1-8(11-3-2-6-20-11)17-21(18,19)12-5-4-10(14)9(7-16)13(12)15/h4-5,8,11,17H,2-3,6-7,16H2,1H3. The van der Waals surface area contributed by atoms with Crippen LogP contribution >= 0.6 is 23.2 Å². The summed E-state index contributed by atoms with van der Waals surface area (Å²) in [5.74, 6) is 0. The topological polar surface area (TPSA) is 81.4 Å². The van der Waals surface area contributed by atoms with Crippen LogP contribution in [-0.2, 0) is 21.3 Å². The van der Waals surface area contributed by atoms with Crippen molar-refractivity contribution in [2.45, 2.75) is 43.4 Å². The van der Waals surface area contributed by atoms with Crippen LogP contribution in [-0.4, -0.2) is 27.2 Å². The highest BCUT2D eigenvalue weighted by Gasteiger charge is 2.28. The third kappa shape index (κ3) is 3.70. The number of ether oxygens (including phenoxy) is 1. The Morgan fingerprint density at radius 3 is 2.76 bits per heavy atom. The summed E-state index contributed by atoms with van der Waals surface area (Å²) in [6.07, 6.45) is 1.67. The number of hydrogen-bond acceptors (Lipinski definition) is 4. The van der Waals surface area contributed by atoms with Crippen LogP contribution in [0.2, 0.25) is 10.0 Å². The minimum absolute atomic E-state index is 0.0149. The van der Waals surface area contributed by atoms with Gasteiger partial charge in [-0.25, -0.2) is 13.1 Å². The van der Waals surface area contributed by atoms with Crippen LogP contribution in [0.1, 0.15) is 25.3 Å². The predicted octanol–water partition coefficient (Wildman–Crippen LogP) is 2.30. The van der Waals surface area contributed by atoms with Gasteiger partial charge in [0.2, 0.25) is 10.0 Å². The van der Waals surface area contributed by atoms with Gasteiger partial charge in [0.05, 0.1) is 11.1 Å². The average Bonchev–Trinajstić information content (AvgIpc) is 2.92. The van der Waals surface area contributed by atoms with Crippen molar-refractivity contribution in [1.29, 1.82) is 0 Å². The van der Waals surface area contributed by atoms with Gasteiger partial charge in [0.1, 0.15) is 4.90 Å². The highest BCUT2D eigenvalue weighted by atomic mass is 35.5. The molecule has 0 aliphatic carbocycles. The maximum atomic E-state index is 12.5. The zero-order chi connectivity index (χ0) is 15.6. The van der Waals surface area contributed by atoms with Crippen molar-refractivity contribution >= 4 is 33.2 Å². The Morgan fingerprint density at radius 2 is 2.19 bits per heavy atom. The van der Waals surface area contributed by atoms with Gasteiger partial charge in [-0.2, -0.15) is 0 Å². The number of nitrogens with one attached hydrogen (secondary N) is 1. The van der Waals surface area contributed by atoms with Crippen molar-refractivity contribution in [1.82, 2.24) is 4.72 Å².